The highest BCUT2D eigenvalue weighted by molar-refractivity contribution is 8.00. The highest BCUT2D eigenvalue weighted by Gasteiger charge is 2.31. The maximum atomic E-state index is 12.6. The molecule has 1 aliphatic rings. The smallest absolute Gasteiger partial charge is 0.372 e. The van der Waals surface area contributed by atoms with E-state index in [1.807, 2.05) is 0 Å². The van der Waals surface area contributed by atoms with E-state index in [4.69, 9.17) is 0 Å². The number of amides is 2. The normalized spacial score (nSPS) is 16.3. The fourth-order valence-electron chi connectivity index (χ4n) is 2.51. The summed E-state index contributed by atoms with van der Waals surface area (Å²) in [5.41, 5.74) is -3.12. The highest BCUT2D eigenvalue weighted by atomic mass is 32.2. The molecule has 1 atom stereocenters. The molecule has 0 saturated heterocycles. The van der Waals surface area contributed by atoms with Gasteiger partial charge in [-0.1, -0.05) is 24.3 Å². The third-order valence-electron chi connectivity index (χ3n) is 3.61. The number of fused-ring (bicyclic) bond motifs is 1. The molecule has 0 bridgehead atoms. The maximum Gasteiger partial charge on any atom is 0.446 e. The second-order valence-electron chi connectivity index (χ2n) is 5.53. The lowest BCUT2D eigenvalue weighted by molar-refractivity contribution is -0.122. The van der Waals surface area contributed by atoms with Gasteiger partial charge in [0.25, 0.3) is 0 Å². The summed E-state index contributed by atoms with van der Waals surface area (Å²) >= 11 is -0.303. The summed E-state index contributed by atoms with van der Waals surface area (Å²) in [7, 11) is 0. The van der Waals surface area contributed by atoms with Gasteiger partial charge in [-0.3, -0.25) is 9.59 Å². The molecule has 0 aliphatic carbocycles. The van der Waals surface area contributed by atoms with Crippen LogP contribution in [0, 0.1) is 0 Å². The zero-order valence-corrected chi connectivity index (χ0v) is 14.1. The Labute approximate surface area is 151 Å². The van der Waals surface area contributed by atoms with Crippen LogP contribution in [0.2, 0.25) is 0 Å². The van der Waals surface area contributed by atoms with Gasteiger partial charge in [0.2, 0.25) is 11.8 Å². The lowest BCUT2D eigenvalue weighted by Gasteiger charge is -2.26. The largest absolute Gasteiger partial charge is 0.446 e. The van der Waals surface area contributed by atoms with Gasteiger partial charge >= 0.3 is 5.51 Å². The molecule has 136 valence electrons. The molecule has 0 radical (unpaired) electrons. The zero-order valence-electron chi connectivity index (χ0n) is 13.3. The van der Waals surface area contributed by atoms with Gasteiger partial charge in [-0.2, -0.15) is 13.2 Å². The summed E-state index contributed by atoms with van der Waals surface area (Å²) in [6.07, 6.45) is -0.217. The Kier molecular flexibility index (Phi) is 5.08. The van der Waals surface area contributed by atoms with E-state index in [0.29, 0.717) is 11.4 Å². The summed E-state index contributed by atoms with van der Waals surface area (Å²) in [5.74, 6) is -0.941. The van der Waals surface area contributed by atoms with E-state index < -0.39 is 17.5 Å². The van der Waals surface area contributed by atoms with E-state index in [1.54, 1.807) is 24.3 Å². The molecule has 0 fully saturated rings. The number of carbonyl (C=O) groups is 2. The number of hydrogen-bond donors (Lipinski definition) is 3. The van der Waals surface area contributed by atoms with Gasteiger partial charge in [0.1, 0.15) is 6.04 Å². The third kappa shape index (κ3) is 4.48. The van der Waals surface area contributed by atoms with Crippen molar-refractivity contribution in [1.82, 2.24) is 0 Å². The quantitative estimate of drug-likeness (QED) is 0.699. The average Bonchev–Trinajstić information content (AvgIpc) is 2.56. The first-order valence-corrected chi connectivity index (χ1v) is 8.44. The minimum atomic E-state index is -4.46. The Bertz CT molecular complexity index is 842. The first-order chi connectivity index (χ1) is 12.3. The summed E-state index contributed by atoms with van der Waals surface area (Å²) in [6, 6.07) is 11.9. The van der Waals surface area contributed by atoms with Gasteiger partial charge in [0, 0.05) is 4.90 Å². The molecule has 2 aromatic carbocycles. The van der Waals surface area contributed by atoms with Crippen LogP contribution in [-0.2, 0) is 9.59 Å². The number of hydrogen-bond acceptors (Lipinski definition) is 4. The molecule has 1 aliphatic heterocycles. The van der Waals surface area contributed by atoms with Crippen molar-refractivity contribution in [3.05, 3.63) is 48.5 Å². The summed E-state index contributed by atoms with van der Waals surface area (Å²) < 4.78 is 37.8. The van der Waals surface area contributed by atoms with Crippen LogP contribution in [0.15, 0.2) is 53.4 Å². The van der Waals surface area contributed by atoms with Gasteiger partial charge in [-0.05, 0) is 36.0 Å². The monoisotopic (exact) mass is 381 g/mol. The van der Waals surface area contributed by atoms with Crippen LogP contribution in [0.25, 0.3) is 0 Å². The number of rotatable bonds is 4. The van der Waals surface area contributed by atoms with Crippen LogP contribution in [0.5, 0.6) is 0 Å². The SMILES string of the molecule is O=C(CC1Nc2ccccc2NC1=O)Nc1ccccc1SC(F)(F)F. The molecular weight excluding hydrogens is 367 g/mol. The number of carbonyl (C=O) groups excluding carboxylic acids is 2. The van der Waals surface area contributed by atoms with Crippen molar-refractivity contribution >= 4 is 40.6 Å². The van der Waals surface area contributed by atoms with Crippen LogP contribution in [-0.4, -0.2) is 23.4 Å². The van der Waals surface area contributed by atoms with Crippen LogP contribution in [0.3, 0.4) is 0 Å². The molecule has 2 amide bonds. The van der Waals surface area contributed by atoms with E-state index in [9.17, 15) is 22.8 Å². The molecule has 1 unspecified atom stereocenters. The number of nitrogens with one attached hydrogen (secondary N) is 3. The van der Waals surface area contributed by atoms with Crippen molar-refractivity contribution in [3.8, 4) is 0 Å². The lowest BCUT2D eigenvalue weighted by Crippen LogP contribution is -2.41. The van der Waals surface area contributed by atoms with Crippen molar-refractivity contribution in [2.24, 2.45) is 0 Å². The van der Waals surface area contributed by atoms with Gasteiger partial charge in [-0.15, -0.1) is 0 Å². The number of para-hydroxylation sites is 3. The molecule has 0 aromatic heterocycles. The van der Waals surface area contributed by atoms with E-state index in [-0.39, 0.29) is 34.7 Å². The zero-order chi connectivity index (χ0) is 18.7. The minimum absolute atomic E-state index is 0.0523. The lowest BCUT2D eigenvalue weighted by atomic mass is 10.1. The average molecular weight is 381 g/mol. The van der Waals surface area contributed by atoms with Crippen molar-refractivity contribution < 1.29 is 22.8 Å². The number of thioether (sulfide) groups is 1. The highest BCUT2D eigenvalue weighted by Crippen LogP contribution is 2.40. The fraction of sp³-hybridized carbons (Fsp3) is 0.176. The van der Waals surface area contributed by atoms with E-state index in [0.717, 1.165) is 0 Å². The van der Waals surface area contributed by atoms with Crippen molar-refractivity contribution in [2.75, 3.05) is 16.0 Å². The maximum absolute atomic E-state index is 12.6. The Morgan fingerprint density at radius 2 is 1.73 bits per heavy atom. The van der Waals surface area contributed by atoms with Gasteiger partial charge in [0.05, 0.1) is 23.5 Å². The van der Waals surface area contributed by atoms with Crippen molar-refractivity contribution in [3.63, 3.8) is 0 Å². The molecule has 2 aromatic rings. The van der Waals surface area contributed by atoms with Crippen LogP contribution >= 0.6 is 11.8 Å². The second kappa shape index (κ2) is 7.28. The molecule has 26 heavy (non-hydrogen) atoms. The minimum Gasteiger partial charge on any atom is -0.372 e. The fourth-order valence-corrected chi connectivity index (χ4v) is 3.13. The topological polar surface area (TPSA) is 70.2 Å². The summed E-state index contributed by atoms with van der Waals surface area (Å²) in [4.78, 5) is 24.2. The number of anilines is 3. The van der Waals surface area contributed by atoms with E-state index >= 15 is 0 Å². The number of alkyl halides is 3. The first kappa shape index (κ1) is 18.1. The predicted octanol–water partition coefficient (Wildman–Crippen LogP) is 4.06. The summed E-state index contributed by atoms with van der Waals surface area (Å²) in [5, 5.41) is 8.09. The molecule has 1 heterocycles. The third-order valence-corrected chi connectivity index (χ3v) is 4.41. The Balaban J connectivity index is 1.68. The van der Waals surface area contributed by atoms with Crippen LogP contribution in [0.1, 0.15) is 6.42 Å². The predicted molar refractivity (Wildman–Crippen MR) is 94.1 cm³/mol. The standard InChI is InChI=1S/C17H14F3N3O2S/c18-17(19,20)26-14-8-4-3-7-12(14)22-15(24)9-13-16(25)23-11-6-2-1-5-10(11)21-13/h1-8,13,21H,9H2,(H,22,24)(H,23,25). The van der Waals surface area contributed by atoms with E-state index in [2.05, 4.69) is 16.0 Å². The molecule has 9 heteroatoms. The van der Waals surface area contributed by atoms with E-state index in [1.165, 1.54) is 24.3 Å². The Morgan fingerprint density at radius 3 is 2.46 bits per heavy atom. The van der Waals surface area contributed by atoms with Crippen molar-refractivity contribution in [2.45, 2.75) is 22.9 Å². The van der Waals surface area contributed by atoms with Gasteiger partial charge in [-0.25, -0.2) is 0 Å². The van der Waals surface area contributed by atoms with Gasteiger partial charge in [0.15, 0.2) is 0 Å². The Hall–Kier alpha value is -2.68. The first-order valence-electron chi connectivity index (χ1n) is 7.63. The number of halogens is 3. The second-order valence-corrected chi connectivity index (χ2v) is 6.63. The van der Waals surface area contributed by atoms with Crippen molar-refractivity contribution in [1.29, 1.82) is 0 Å². The van der Waals surface area contributed by atoms with Crippen LogP contribution < -0.4 is 16.0 Å². The molecule has 3 N–H and O–H groups in total. The Morgan fingerprint density at radius 1 is 1.08 bits per heavy atom. The van der Waals surface area contributed by atoms with Gasteiger partial charge < -0.3 is 16.0 Å². The molecule has 3 rings (SSSR count). The van der Waals surface area contributed by atoms with Crippen LogP contribution in [0.4, 0.5) is 30.2 Å². The molecule has 5 nitrogen and oxygen atoms in total. The molecule has 0 spiro atoms. The number of benzene rings is 2. The molecular formula is C17H14F3N3O2S. The summed E-state index contributed by atoms with van der Waals surface area (Å²) in [6.45, 7) is 0. The molecule has 0 saturated carbocycles.